The van der Waals surface area contributed by atoms with Crippen molar-refractivity contribution >= 4 is 28.2 Å². The smallest absolute Gasteiger partial charge is 0.341 e. The van der Waals surface area contributed by atoms with Gasteiger partial charge in [0.15, 0.2) is 0 Å². The number of nitrogens with one attached hydrogen (secondary N) is 1. The molecule has 0 atom stereocenters. The van der Waals surface area contributed by atoms with E-state index >= 15 is 0 Å². The first-order valence-corrected chi connectivity index (χ1v) is 11.4. The maximum absolute atomic E-state index is 12.8. The van der Waals surface area contributed by atoms with Gasteiger partial charge in [0, 0.05) is 4.88 Å². The molecular weight excluding hydrogens is 386 g/mol. The van der Waals surface area contributed by atoms with Gasteiger partial charge in [0.05, 0.1) is 18.2 Å². The van der Waals surface area contributed by atoms with Gasteiger partial charge in [-0.2, -0.15) is 0 Å². The molecule has 29 heavy (non-hydrogen) atoms. The van der Waals surface area contributed by atoms with Gasteiger partial charge in [0.25, 0.3) is 5.91 Å². The number of rotatable bonds is 3. The van der Waals surface area contributed by atoms with Crippen molar-refractivity contribution in [1.29, 1.82) is 0 Å². The Balaban J connectivity index is 1.93. The Morgan fingerprint density at radius 3 is 2.21 bits per heavy atom. The molecule has 0 saturated heterocycles. The zero-order chi connectivity index (χ0) is 20.8. The standard InChI is InChI=1S/C23H31NO4S/c1-15-14-18(16(2)28-15)21(25)24-22-20(23(26)27-3)17-12-10-8-6-4-5-7-9-11-13-19(17)29-22/h14H,4-13H2,1-3H3,(H,24,25). The second kappa shape index (κ2) is 10.1. The molecule has 1 aliphatic rings. The first-order valence-electron chi connectivity index (χ1n) is 10.6. The second-order valence-electron chi connectivity index (χ2n) is 7.81. The first-order chi connectivity index (χ1) is 14.0. The van der Waals surface area contributed by atoms with Gasteiger partial charge in [-0.1, -0.05) is 38.5 Å². The number of fused-ring (bicyclic) bond motifs is 1. The second-order valence-corrected chi connectivity index (χ2v) is 8.91. The van der Waals surface area contributed by atoms with Crippen LogP contribution in [0.5, 0.6) is 0 Å². The highest BCUT2D eigenvalue weighted by atomic mass is 32.1. The molecular formula is C23H31NO4S. The van der Waals surface area contributed by atoms with E-state index < -0.39 is 0 Å². The molecule has 0 unspecified atom stereocenters. The highest BCUT2D eigenvalue weighted by Crippen LogP contribution is 2.37. The summed E-state index contributed by atoms with van der Waals surface area (Å²) in [5.74, 6) is 0.653. The summed E-state index contributed by atoms with van der Waals surface area (Å²) in [5, 5.41) is 3.57. The molecule has 5 nitrogen and oxygen atoms in total. The molecule has 0 aromatic carbocycles. The molecule has 6 heteroatoms. The van der Waals surface area contributed by atoms with Gasteiger partial charge < -0.3 is 14.5 Å². The molecule has 0 spiro atoms. The van der Waals surface area contributed by atoms with Crippen LogP contribution in [0.15, 0.2) is 10.5 Å². The van der Waals surface area contributed by atoms with Crippen LogP contribution in [0.25, 0.3) is 0 Å². The minimum absolute atomic E-state index is 0.248. The fraction of sp³-hybridized carbons (Fsp3) is 0.565. The number of methoxy groups -OCH3 is 1. The molecule has 1 amide bonds. The summed E-state index contributed by atoms with van der Waals surface area (Å²) in [6, 6.07) is 1.73. The third-order valence-electron chi connectivity index (χ3n) is 5.57. The fourth-order valence-electron chi connectivity index (χ4n) is 4.06. The molecule has 2 aromatic heterocycles. The number of anilines is 1. The molecule has 1 aliphatic carbocycles. The van der Waals surface area contributed by atoms with Gasteiger partial charge >= 0.3 is 5.97 Å². The number of amides is 1. The van der Waals surface area contributed by atoms with Gasteiger partial charge in [-0.25, -0.2) is 4.79 Å². The Morgan fingerprint density at radius 1 is 1.00 bits per heavy atom. The van der Waals surface area contributed by atoms with Gasteiger partial charge in [-0.15, -0.1) is 11.3 Å². The van der Waals surface area contributed by atoms with Crippen LogP contribution in [0.2, 0.25) is 0 Å². The lowest BCUT2D eigenvalue weighted by atomic mass is 9.97. The van der Waals surface area contributed by atoms with Crippen molar-refractivity contribution in [2.75, 3.05) is 12.4 Å². The van der Waals surface area contributed by atoms with Crippen molar-refractivity contribution in [2.45, 2.75) is 78.1 Å². The predicted molar refractivity (Wildman–Crippen MR) is 116 cm³/mol. The molecule has 0 fully saturated rings. The molecule has 0 saturated carbocycles. The number of esters is 1. The normalized spacial score (nSPS) is 15.7. The van der Waals surface area contributed by atoms with Crippen molar-refractivity contribution in [1.82, 2.24) is 0 Å². The van der Waals surface area contributed by atoms with E-state index in [1.54, 1.807) is 13.0 Å². The summed E-state index contributed by atoms with van der Waals surface area (Å²) < 4.78 is 10.6. The Labute approximate surface area is 176 Å². The molecule has 2 aromatic rings. The highest BCUT2D eigenvalue weighted by Gasteiger charge is 2.26. The van der Waals surface area contributed by atoms with Crippen LogP contribution in [0, 0.1) is 13.8 Å². The number of carbonyl (C=O) groups excluding carboxylic acids is 2. The Hall–Kier alpha value is -2.08. The molecule has 0 radical (unpaired) electrons. The quantitative estimate of drug-likeness (QED) is 0.602. The first kappa shape index (κ1) is 21.6. The number of ether oxygens (including phenoxy) is 1. The third-order valence-corrected chi connectivity index (χ3v) is 6.78. The monoisotopic (exact) mass is 417 g/mol. The van der Waals surface area contributed by atoms with Crippen LogP contribution in [0.4, 0.5) is 5.00 Å². The number of hydrogen-bond acceptors (Lipinski definition) is 5. The van der Waals surface area contributed by atoms with E-state index in [1.807, 2.05) is 6.92 Å². The fourth-order valence-corrected chi connectivity index (χ4v) is 5.33. The zero-order valence-electron chi connectivity index (χ0n) is 17.7. The summed E-state index contributed by atoms with van der Waals surface area (Å²) in [5.41, 5.74) is 2.11. The third kappa shape index (κ3) is 5.30. The summed E-state index contributed by atoms with van der Waals surface area (Å²) in [7, 11) is 1.40. The number of furan rings is 1. The number of thiophene rings is 1. The zero-order valence-corrected chi connectivity index (χ0v) is 18.5. The van der Waals surface area contributed by atoms with Gasteiger partial charge in [-0.05, 0) is 51.2 Å². The van der Waals surface area contributed by atoms with E-state index in [0.29, 0.717) is 27.6 Å². The molecule has 1 N–H and O–H groups in total. The van der Waals surface area contributed by atoms with Crippen LogP contribution < -0.4 is 5.32 Å². The van der Waals surface area contributed by atoms with E-state index in [4.69, 9.17) is 9.15 Å². The molecule has 2 heterocycles. The summed E-state index contributed by atoms with van der Waals surface area (Å²) >= 11 is 1.53. The lowest BCUT2D eigenvalue weighted by molar-refractivity contribution is 0.0601. The summed E-state index contributed by atoms with van der Waals surface area (Å²) in [6.07, 6.45) is 11.5. The van der Waals surface area contributed by atoms with Gasteiger partial charge in [-0.3, -0.25) is 4.79 Å². The average Bonchev–Trinajstić information content (AvgIpc) is 3.20. The number of hydrogen-bond donors (Lipinski definition) is 1. The largest absolute Gasteiger partial charge is 0.466 e. The molecule has 3 rings (SSSR count). The van der Waals surface area contributed by atoms with Crippen LogP contribution >= 0.6 is 11.3 Å². The van der Waals surface area contributed by atoms with Crippen molar-refractivity contribution in [2.24, 2.45) is 0 Å². The van der Waals surface area contributed by atoms with Crippen LogP contribution in [0.3, 0.4) is 0 Å². The molecule has 0 bridgehead atoms. The Bertz CT molecular complexity index is 865. The highest BCUT2D eigenvalue weighted by molar-refractivity contribution is 7.17. The van der Waals surface area contributed by atoms with Crippen molar-refractivity contribution in [3.63, 3.8) is 0 Å². The van der Waals surface area contributed by atoms with Gasteiger partial charge in [0.2, 0.25) is 0 Å². The minimum atomic E-state index is -0.370. The number of carbonyl (C=O) groups is 2. The lowest BCUT2D eigenvalue weighted by Gasteiger charge is -2.10. The van der Waals surface area contributed by atoms with Crippen molar-refractivity contribution in [3.8, 4) is 0 Å². The van der Waals surface area contributed by atoms with Crippen molar-refractivity contribution in [3.05, 3.63) is 39.2 Å². The average molecular weight is 418 g/mol. The summed E-state index contributed by atoms with van der Waals surface area (Å²) in [6.45, 7) is 3.59. The summed E-state index contributed by atoms with van der Waals surface area (Å²) in [4.78, 5) is 26.7. The number of aryl methyl sites for hydroxylation is 3. The van der Waals surface area contributed by atoms with Crippen LogP contribution in [-0.4, -0.2) is 19.0 Å². The van der Waals surface area contributed by atoms with E-state index in [1.165, 1.54) is 61.8 Å². The maximum Gasteiger partial charge on any atom is 0.341 e. The van der Waals surface area contributed by atoms with E-state index in [-0.39, 0.29) is 11.9 Å². The van der Waals surface area contributed by atoms with Crippen LogP contribution in [0.1, 0.15) is 94.0 Å². The molecule has 0 aliphatic heterocycles. The molecule has 158 valence electrons. The van der Waals surface area contributed by atoms with E-state index in [2.05, 4.69) is 5.32 Å². The van der Waals surface area contributed by atoms with Gasteiger partial charge in [0.1, 0.15) is 16.5 Å². The Morgan fingerprint density at radius 2 is 1.62 bits per heavy atom. The van der Waals surface area contributed by atoms with Crippen LogP contribution in [-0.2, 0) is 17.6 Å². The van der Waals surface area contributed by atoms with Crippen molar-refractivity contribution < 1.29 is 18.7 Å². The van der Waals surface area contributed by atoms with E-state index in [9.17, 15) is 9.59 Å². The predicted octanol–water partition coefficient (Wildman–Crippen LogP) is 6.22. The Kier molecular flexibility index (Phi) is 7.53. The lowest BCUT2D eigenvalue weighted by Crippen LogP contribution is -2.15. The SMILES string of the molecule is COC(=O)c1c(NC(=O)c2cc(C)oc2C)sc2c1CCCCCCCCCC2. The van der Waals surface area contributed by atoms with E-state index in [0.717, 1.165) is 31.2 Å². The minimum Gasteiger partial charge on any atom is -0.466 e. The topological polar surface area (TPSA) is 68.5 Å². The maximum atomic E-state index is 12.8.